The van der Waals surface area contributed by atoms with Gasteiger partial charge >= 0.3 is 5.97 Å². The van der Waals surface area contributed by atoms with E-state index in [4.69, 9.17) is 17.0 Å². The third-order valence-corrected chi connectivity index (χ3v) is 4.30. The molecule has 1 aromatic heterocycles. The molecule has 4 nitrogen and oxygen atoms in total. The topological polar surface area (TPSA) is 50.4 Å². The molecular weight excluding hydrogens is 316 g/mol. The fourth-order valence-electron chi connectivity index (χ4n) is 1.88. The van der Waals surface area contributed by atoms with E-state index in [1.165, 1.54) is 18.4 Å². The zero-order valence-electron chi connectivity index (χ0n) is 12.5. The number of nitrogens with one attached hydrogen (secondary N) is 2. The van der Waals surface area contributed by atoms with Gasteiger partial charge in [0.1, 0.15) is 5.00 Å². The number of carbonyl (C=O) groups excluding carboxylic acids is 1. The fourth-order valence-corrected chi connectivity index (χ4v) is 3.20. The first-order chi connectivity index (χ1) is 10.7. The van der Waals surface area contributed by atoms with Gasteiger partial charge in [-0.3, -0.25) is 0 Å². The van der Waals surface area contributed by atoms with Crippen LogP contribution in [0.15, 0.2) is 36.4 Å². The van der Waals surface area contributed by atoms with E-state index in [1.54, 1.807) is 0 Å². The molecule has 0 saturated carbocycles. The monoisotopic (exact) mass is 334 g/mol. The molecule has 1 heterocycles. The van der Waals surface area contributed by atoms with Gasteiger partial charge in [0.25, 0.3) is 0 Å². The first-order valence-corrected chi connectivity index (χ1v) is 8.20. The number of methoxy groups -OCH3 is 1. The molecule has 0 amide bonds. The van der Waals surface area contributed by atoms with Gasteiger partial charge in [0.15, 0.2) is 5.11 Å². The smallest absolute Gasteiger partial charge is 0.340 e. The molecule has 0 fully saturated rings. The van der Waals surface area contributed by atoms with Crippen molar-refractivity contribution in [1.29, 1.82) is 0 Å². The Labute approximate surface area is 139 Å². The molecule has 0 spiro atoms. The second kappa shape index (κ2) is 7.91. The summed E-state index contributed by atoms with van der Waals surface area (Å²) >= 11 is 6.72. The first kappa shape index (κ1) is 16.5. The van der Waals surface area contributed by atoms with E-state index in [9.17, 15) is 4.79 Å². The second-order valence-corrected chi connectivity index (χ2v) is 6.05. The number of anilines is 1. The zero-order chi connectivity index (χ0) is 15.9. The van der Waals surface area contributed by atoms with E-state index in [2.05, 4.69) is 17.6 Å². The van der Waals surface area contributed by atoms with Crippen LogP contribution in [0.2, 0.25) is 0 Å². The van der Waals surface area contributed by atoms with Crippen LogP contribution in [0, 0.1) is 0 Å². The van der Waals surface area contributed by atoms with Crippen LogP contribution in [0.25, 0.3) is 10.4 Å². The van der Waals surface area contributed by atoms with Gasteiger partial charge < -0.3 is 15.4 Å². The van der Waals surface area contributed by atoms with E-state index in [0.717, 1.165) is 23.4 Å². The number of carbonyl (C=O) groups is 1. The highest BCUT2D eigenvalue weighted by Crippen LogP contribution is 2.35. The number of thiophene rings is 1. The number of benzene rings is 1. The van der Waals surface area contributed by atoms with Crippen molar-refractivity contribution in [3.05, 3.63) is 42.0 Å². The Balaban J connectivity index is 2.29. The van der Waals surface area contributed by atoms with Crippen molar-refractivity contribution in [2.45, 2.75) is 13.3 Å². The van der Waals surface area contributed by atoms with Crippen LogP contribution < -0.4 is 10.6 Å². The standard InChI is InChI=1S/C16H18N2O2S2/c1-3-9-17-16(21)18-14-12(15(19)20-2)10-13(22-14)11-7-5-4-6-8-11/h4-8,10H,3,9H2,1-2H3,(H2,17,18,21). The Morgan fingerprint density at radius 1 is 1.32 bits per heavy atom. The number of hydrogen-bond acceptors (Lipinski definition) is 4. The van der Waals surface area contributed by atoms with Crippen LogP contribution in [0.3, 0.4) is 0 Å². The normalized spacial score (nSPS) is 10.1. The summed E-state index contributed by atoms with van der Waals surface area (Å²) in [6, 6.07) is 11.7. The minimum atomic E-state index is -0.376. The quantitative estimate of drug-likeness (QED) is 0.641. The lowest BCUT2D eigenvalue weighted by Crippen LogP contribution is -2.29. The van der Waals surface area contributed by atoms with E-state index < -0.39 is 0 Å². The van der Waals surface area contributed by atoms with Crippen molar-refractivity contribution < 1.29 is 9.53 Å². The molecule has 1 aromatic carbocycles. The van der Waals surface area contributed by atoms with Crippen LogP contribution in [-0.2, 0) is 4.74 Å². The van der Waals surface area contributed by atoms with Gasteiger partial charge in [-0.15, -0.1) is 11.3 Å². The highest BCUT2D eigenvalue weighted by molar-refractivity contribution is 7.80. The van der Waals surface area contributed by atoms with Crippen molar-refractivity contribution in [2.75, 3.05) is 19.0 Å². The average molecular weight is 334 g/mol. The SMILES string of the molecule is CCCNC(=S)Nc1sc(-c2ccccc2)cc1C(=O)OC. The van der Waals surface area contributed by atoms with E-state index in [-0.39, 0.29) is 5.97 Å². The largest absolute Gasteiger partial charge is 0.465 e. The molecule has 0 unspecified atom stereocenters. The van der Waals surface area contributed by atoms with Gasteiger partial charge in [-0.05, 0) is 30.3 Å². The van der Waals surface area contributed by atoms with Crippen LogP contribution in [0.1, 0.15) is 23.7 Å². The molecule has 0 bridgehead atoms. The lowest BCUT2D eigenvalue weighted by Gasteiger charge is -2.09. The molecule has 2 rings (SSSR count). The van der Waals surface area contributed by atoms with Crippen molar-refractivity contribution in [2.24, 2.45) is 0 Å². The summed E-state index contributed by atoms with van der Waals surface area (Å²) < 4.78 is 4.85. The summed E-state index contributed by atoms with van der Waals surface area (Å²) in [6.45, 7) is 2.85. The third kappa shape index (κ3) is 4.05. The Hall–Kier alpha value is -1.92. The van der Waals surface area contributed by atoms with Crippen molar-refractivity contribution in [3.63, 3.8) is 0 Å². The van der Waals surface area contributed by atoms with Gasteiger partial charge in [-0.1, -0.05) is 37.3 Å². The Bertz CT molecular complexity index is 653. The number of ether oxygens (including phenoxy) is 1. The number of hydrogen-bond donors (Lipinski definition) is 2. The summed E-state index contributed by atoms with van der Waals surface area (Å²) in [6.07, 6.45) is 0.978. The summed E-state index contributed by atoms with van der Waals surface area (Å²) in [5.41, 5.74) is 1.55. The predicted molar refractivity (Wildman–Crippen MR) is 95.6 cm³/mol. The van der Waals surface area contributed by atoms with Crippen molar-refractivity contribution in [1.82, 2.24) is 5.32 Å². The number of rotatable bonds is 5. The second-order valence-electron chi connectivity index (χ2n) is 4.59. The Morgan fingerprint density at radius 3 is 2.68 bits per heavy atom. The molecule has 0 aliphatic rings. The molecule has 0 aliphatic carbocycles. The van der Waals surface area contributed by atoms with Crippen LogP contribution in [0.5, 0.6) is 0 Å². The fraction of sp³-hybridized carbons (Fsp3) is 0.250. The minimum absolute atomic E-state index is 0.376. The molecule has 0 atom stereocenters. The van der Waals surface area contributed by atoms with E-state index >= 15 is 0 Å². The number of thiocarbonyl (C=S) groups is 1. The van der Waals surface area contributed by atoms with Gasteiger partial charge in [0.2, 0.25) is 0 Å². The predicted octanol–water partition coefficient (Wildman–Crippen LogP) is 3.90. The van der Waals surface area contributed by atoms with Crippen LogP contribution >= 0.6 is 23.6 Å². The van der Waals surface area contributed by atoms with E-state index in [1.807, 2.05) is 36.4 Å². The lowest BCUT2D eigenvalue weighted by atomic mass is 10.1. The maximum Gasteiger partial charge on any atom is 0.340 e. The molecular formula is C16H18N2O2S2. The molecule has 116 valence electrons. The molecule has 22 heavy (non-hydrogen) atoms. The highest BCUT2D eigenvalue weighted by atomic mass is 32.1. The molecule has 0 saturated heterocycles. The molecule has 6 heteroatoms. The summed E-state index contributed by atoms with van der Waals surface area (Å²) in [4.78, 5) is 12.9. The zero-order valence-corrected chi connectivity index (χ0v) is 14.1. The van der Waals surface area contributed by atoms with Crippen LogP contribution in [0.4, 0.5) is 5.00 Å². The Kier molecular flexibility index (Phi) is 5.91. The first-order valence-electron chi connectivity index (χ1n) is 6.98. The molecule has 2 aromatic rings. The lowest BCUT2D eigenvalue weighted by molar-refractivity contribution is 0.0602. The van der Waals surface area contributed by atoms with Crippen LogP contribution in [-0.4, -0.2) is 24.7 Å². The van der Waals surface area contributed by atoms with Crippen molar-refractivity contribution in [3.8, 4) is 10.4 Å². The molecule has 0 aliphatic heterocycles. The number of esters is 1. The van der Waals surface area contributed by atoms with Gasteiger partial charge in [0.05, 0.1) is 12.7 Å². The summed E-state index contributed by atoms with van der Waals surface area (Å²) in [5, 5.41) is 7.38. The molecule has 0 radical (unpaired) electrons. The molecule has 2 N–H and O–H groups in total. The summed E-state index contributed by atoms with van der Waals surface area (Å²) in [7, 11) is 1.37. The average Bonchev–Trinajstić information content (AvgIpc) is 2.96. The maximum absolute atomic E-state index is 12.0. The maximum atomic E-state index is 12.0. The van der Waals surface area contributed by atoms with Gasteiger partial charge in [-0.2, -0.15) is 0 Å². The minimum Gasteiger partial charge on any atom is -0.465 e. The van der Waals surface area contributed by atoms with E-state index in [0.29, 0.717) is 15.7 Å². The van der Waals surface area contributed by atoms with Gasteiger partial charge in [-0.25, -0.2) is 4.79 Å². The van der Waals surface area contributed by atoms with Gasteiger partial charge in [0, 0.05) is 11.4 Å². The Morgan fingerprint density at radius 2 is 2.05 bits per heavy atom. The highest BCUT2D eigenvalue weighted by Gasteiger charge is 2.18. The third-order valence-electron chi connectivity index (χ3n) is 2.96. The van der Waals surface area contributed by atoms with Crippen molar-refractivity contribution >= 4 is 39.6 Å². The summed E-state index contributed by atoms with van der Waals surface area (Å²) in [5.74, 6) is -0.376.